The summed E-state index contributed by atoms with van der Waals surface area (Å²) < 4.78 is 27.5. The van der Waals surface area contributed by atoms with Gasteiger partial charge in [-0.1, -0.05) is 69.0 Å². The third kappa shape index (κ3) is 5.44. The molecule has 3 rings (SSSR count). The molecule has 3 aromatic carbocycles. The molecule has 0 N–H and O–H groups in total. The molecule has 1 atom stereocenters. The zero-order valence-corrected chi connectivity index (χ0v) is 20.2. The molecule has 0 aliphatic heterocycles. The number of halogens is 3. The molecule has 160 valence electrons. The molecular formula is C23H17BrCl2O4S. The zero-order valence-electron chi connectivity index (χ0n) is 16.3. The van der Waals surface area contributed by atoms with Gasteiger partial charge < -0.3 is 0 Å². The molecule has 31 heavy (non-hydrogen) atoms. The van der Waals surface area contributed by atoms with Crippen molar-refractivity contribution in [2.24, 2.45) is 0 Å². The second kappa shape index (κ2) is 9.65. The monoisotopic (exact) mass is 538 g/mol. The lowest BCUT2D eigenvalue weighted by Gasteiger charge is -2.17. The van der Waals surface area contributed by atoms with E-state index in [1.165, 1.54) is 42.5 Å². The highest BCUT2D eigenvalue weighted by Crippen LogP contribution is 2.27. The van der Waals surface area contributed by atoms with E-state index < -0.39 is 33.1 Å². The SMILES string of the molecule is Cc1ccc(S(=O)(=O)[C@H](CC(=O)c2ccc(Cl)cc2Cl)C(=O)c2ccc(Br)cc2)cc1. The minimum absolute atomic E-state index is 0.0245. The summed E-state index contributed by atoms with van der Waals surface area (Å²) in [5.41, 5.74) is 1.18. The molecule has 0 heterocycles. The molecule has 0 spiro atoms. The fourth-order valence-corrected chi connectivity index (χ4v) is 5.44. The van der Waals surface area contributed by atoms with Crippen molar-refractivity contribution in [1.29, 1.82) is 0 Å². The lowest BCUT2D eigenvalue weighted by Crippen LogP contribution is -2.33. The highest BCUT2D eigenvalue weighted by atomic mass is 79.9. The van der Waals surface area contributed by atoms with E-state index in [1.807, 2.05) is 6.92 Å². The molecule has 0 saturated carbocycles. The van der Waals surface area contributed by atoms with E-state index in [-0.39, 0.29) is 21.0 Å². The van der Waals surface area contributed by atoms with Gasteiger partial charge in [0.15, 0.2) is 21.4 Å². The van der Waals surface area contributed by atoms with Crippen molar-refractivity contribution in [3.63, 3.8) is 0 Å². The topological polar surface area (TPSA) is 68.3 Å². The largest absolute Gasteiger partial charge is 0.294 e. The van der Waals surface area contributed by atoms with E-state index in [4.69, 9.17) is 23.2 Å². The molecule has 0 unspecified atom stereocenters. The van der Waals surface area contributed by atoms with Gasteiger partial charge >= 0.3 is 0 Å². The maximum absolute atomic E-state index is 13.4. The Morgan fingerprint density at radius 1 is 0.935 bits per heavy atom. The van der Waals surface area contributed by atoms with Gasteiger partial charge in [0.1, 0.15) is 5.25 Å². The van der Waals surface area contributed by atoms with Crippen LogP contribution in [0.1, 0.15) is 32.7 Å². The summed E-state index contributed by atoms with van der Waals surface area (Å²) in [6.45, 7) is 1.83. The van der Waals surface area contributed by atoms with E-state index in [2.05, 4.69) is 15.9 Å². The molecule has 0 bridgehead atoms. The van der Waals surface area contributed by atoms with Crippen LogP contribution in [0.3, 0.4) is 0 Å². The second-order valence-electron chi connectivity index (χ2n) is 6.97. The van der Waals surface area contributed by atoms with Crippen molar-refractivity contribution < 1.29 is 18.0 Å². The Labute approximate surface area is 199 Å². The number of hydrogen-bond donors (Lipinski definition) is 0. The van der Waals surface area contributed by atoms with Crippen LogP contribution in [0.5, 0.6) is 0 Å². The summed E-state index contributed by atoms with van der Waals surface area (Å²) in [6, 6.07) is 16.8. The Morgan fingerprint density at radius 2 is 1.55 bits per heavy atom. The van der Waals surface area contributed by atoms with Gasteiger partial charge in [0.05, 0.1) is 9.92 Å². The fraction of sp³-hybridized carbons (Fsp3) is 0.130. The number of hydrogen-bond acceptors (Lipinski definition) is 4. The predicted molar refractivity (Wildman–Crippen MR) is 126 cm³/mol. The van der Waals surface area contributed by atoms with Crippen molar-refractivity contribution in [1.82, 2.24) is 0 Å². The Bertz CT molecular complexity index is 1240. The molecule has 0 amide bonds. The summed E-state index contributed by atoms with van der Waals surface area (Å²) in [4.78, 5) is 26.2. The van der Waals surface area contributed by atoms with Gasteiger partial charge in [-0.25, -0.2) is 8.42 Å². The molecule has 3 aromatic rings. The summed E-state index contributed by atoms with van der Waals surface area (Å²) in [6.07, 6.45) is -0.549. The fourth-order valence-electron chi connectivity index (χ4n) is 3.03. The number of benzene rings is 3. The Kier molecular flexibility index (Phi) is 7.37. The molecule has 0 aliphatic rings. The van der Waals surface area contributed by atoms with E-state index in [0.717, 1.165) is 10.0 Å². The lowest BCUT2D eigenvalue weighted by atomic mass is 10.0. The summed E-state index contributed by atoms with van der Waals surface area (Å²) >= 11 is 15.3. The van der Waals surface area contributed by atoms with Crippen LogP contribution in [-0.4, -0.2) is 25.2 Å². The number of sulfone groups is 1. The maximum atomic E-state index is 13.4. The van der Waals surface area contributed by atoms with E-state index in [0.29, 0.717) is 5.02 Å². The van der Waals surface area contributed by atoms with Crippen molar-refractivity contribution in [3.05, 3.63) is 97.9 Å². The molecule has 8 heteroatoms. The number of carbonyl (C=O) groups is 2. The van der Waals surface area contributed by atoms with Crippen molar-refractivity contribution in [2.75, 3.05) is 0 Å². The summed E-state index contributed by atoms with van der Waals surface area (Å²) in [7, 11) is -4.15. The maximum Gasteiger partial charge on any atom is 0.189 e. The summed E-state index contributed by atoms with van der Waals surface area (Å²) in [5.74, 6) is -1.22. The molecular weight excluding hydrogens is 523 g/mol. The van der Waals surface area contributed by atoms with Crippen LogP contribution in [0.2, 0.25) is 10.0 Å². The minimum atomic E-state index is -4.15. The first-order valence-electron chi connectivity index (χ1n) is 9.18. The molecule has 0 radical (unpaired) electrons. The number of carbonyl (C=O) groups excluding carboxylic acids is 2. The lowest BCUT2D eigenvalue weighted by molar-refractivity contribution is 0.0920. The number of aryl methyl sites for hydroxylation is 1. The van der Waals surface area contributed by atoms with E-state index in [9.17, 15) is 18.0 Å². The van der Waals surface area contributed by atoms with Crippen LogP contribution in [0.15, 0.2) is 76.1 Å². The quantitative estimate of drug-likeness (QED) is 0.327. The average molecular weight is 540 g/mol. The van der Waals surface area contributed by atoms with Crippen molar-refractivity contribution >= 4 is 60.5 Å². The van der Waals surface area contributed by atoms with Gasteiger partial charge in [-0.2, -0.15) is 0 Å². The smallest absolute Gasteiger partial charge is 0.189 e. The molecule has 0 saturated heterocycles. The molecule has 4 nitrogen and oxygen atoms in total. The van der Waals surface area contributed by atoms with Gasteiger partial charge in [0.25, 0.3) is 0 Å². The number of ketones is 2. The highest BCUT2D eigenvalue weighted by molar-refractivity contribution is 9.10. The Morgan fingerprint density at radius 3 is 2.13 bits per heavy atom. The normalized spacial score (nSPS) is 12.4. The standard InChI is InChI=1S/C23H17BrCl2O4S/c1-14-2-9-18(10-3-14)31(29,30)22(23(28)15-4-6-16(24)7-5-15)13-21(27)19-11-8-17(25)12-20(19)26/h2-12,22H,13H2,1H3/t22-/m1/s1. The first-order chi connectivity index (χ1) is 14.6. The Balaban J connectivity index is 2.05. The first kappa shape index (κ1) is 23.7. The molecule has 0 fully saturated rings. The van der Waals surface area contributed by atoms with Crippen LogP contribution >= 0.6 is 39.1 Å². The Hall–Kier alpha value is -1.99. The second-order valence-corrected chi connectivity index (χ2v) is 10.9. The van der Waals surface area contributed by atoms with E-state index in [1.54, 1.807) is 24.3 Å². The molecule has 0 aliphatic carbocycles. The average Bonchev–Trinajstić information content (AvgIpc) is 2.72. The van der Waals surface area contributed by atoms with Gasteiger partial charge in [-0.3, -0.25) is 9.59 Å². The number of rotatable bonds is 7. The number of Topliss-reactive ketones (excluding diaryl/α,β-unsaturated/α-hetero) is 2. The molecule has 0 aromatic heterocycles. The van der Waals surface area contributed by atoms with Crippen molar-refractivity contribution in [3.8, 4) is 0 Å². The van der Waals surface area contributed by atoms with Gasteiger partial charge in [-0.05, 0) is 49.4 Å². The van der Waals surface area contributed by atoms with Crippen LogP contribution in [-0.2, 0) is 9.84 Å². The third-order valence-corrected chi connectivity index (χ3v) is 7.88. The van der Waals surface area contributed by atoms with Gasteiger partial charge in [0.2, 0.25) is 0 Å². The van der Waals surface area contributed by atoms with Gasteiger partial charge in [-0.15, -0.1) is 0 Å². The highest BCUT2D eigenvalue weighted by Gasteiger charge is 2.37. The van der Waals surface area contributed by atoms with Crippen LogP contribution in [0.25, 0.3) is 0 Å². The van der Waals surface area contributed by atoms with Crippen molar-refractivity contribution in [2.45, 2.75) is 23.5 Å². The van der Waals surface area contributed by atoms with E-state index >= 15 is 0 Å². The third-order valence-electron chi connectivity index (χ3n) is 4.75. The van der Waals surface area contributed by atoms with Crippen LogP contribution in [0, 0.1) is 6.92 Å². The van der Waals surface area contributed by atoms with Crippen LogP contribution < -0.4 is 0 Å². The minimum Gasteiger partial charge on any atom is -0.294 e. The summed E-state index contributed by atoms with van der Waals surface area (Å²) in [5, 5.41) is -1.16. The van der Waals surface area contributed by atoms with Gasteiger partial charge in [0, 0.05) is 27.0 Å². The zero-order chi connectivity index (χ0) is 22.8. The van der Waals surface area contributed by atoms with Crippen LogP contribution in [0.4, 0.5) is 0 Å². The first-order valence-corrected chi connectivity index (χ1v) is 12.3. The predicted octanol–water partition coefficient (Wildman–Crippen LogP) is 6.36.